The normalized spacial score (nSPS) is 12.6. The van der Waals surface area contributed by atoms with Crippen LogP contribution < -0.4 is 0 Å². The Bertz CT molecular complexity index is 507. The van der Waals surface area contributed by atoms with E-state index in [1.54, 1.807) is 0 Å². The zero-order chi connectivity index (χ0) is 13.7. The van der Waals surface area contributed by atoms with Crippen molar-refractivity contribution >= 4 is 27.5 Å². The Morgan fingerprint density at radius 3 is 2.58 bits per heavy atom. The maximum absolute atomic E-state index is 6.10. The van der Waals surface area contributed by atoms with Gasteiger partial charge in [-0.05, 0) is 48.9 Å². The number of halogens is 2. The lowest BCUT2D eigenvalue weighted by molar-refractivity contribution is 0.523. The number of hydrogen-bond acceptors (Lipinski definition) is 1. The molecule has 0 spiro atoms. The van der Waals surface area contributed by atoms with Gasteiger partial charge in [-0.25, -0.2) is 0 Å². The van der Waals surface area contributed by atoms with Crippen LogP contribution in [0.1, 0.15) is 17.7 Å². The van der Waals surface area contributed by atoms with Crippen LogP contribution in [0.2, 0.25) is 0 Å². The Hall–Kier alpha value is -0.800. The fourth-order valence-electron chi connectivity index (χ4n) is 2.19. The summed E-state index contributed by atoms with van der Waals surface area (Å²) in [5.41, 5.74) is 2.62. The van der Waals surface area contributed by atoms with Crippen LogP contribution in [-0.4, -0.2) is 15.7 Å². The van der Waals surface area contributed by atoms with Gasteiger partial charge in [0.15, 0.2) is 0 Å². The van der Waals surface area contributed by atoms with E-state index in [0.29, 0.717) is 11.8 Å². The van der Waals surface area contributed by atoms with Crippen molar-refractivity contribution in [1.29, 1.82) is 0 Å². The van der Waals surface area contributed by atoms with Crippen LogP contribution >= 0.6 is 27.5 Å². The van der Waals surface area contributed by atoms with Crippen LogP contribution in [0.4, 0.5) is 0 Å². The van der Waals surface area contributed by atoms with Gasteiger partial charge in [0.1, 0.15) is 0 Å². The number of nitrogens with zero attached hydrogens (tertiary/aromatic N) is 2. The molecule has 1 heterocycles. The molecular formula is C15H18BrClN2. The molecule has 0 amide bonds. The number of benzene rings is 1. The molecule has 1 unspecified atom stereocenters. The smallest absolute Gasteiger partial charge is 0.0492 e. The summed E-state index contributed by atoms with van der Waals surface area (Å²) in [7, 11) is 1.99. The zero-order valence-electron chi connectivity index (χ0n) is 11.0. The van der Waals surface area contributed by atoms with E-state index in [9.17, 15) is 0 Å². The predicted octanol–water partition coefficient (Wildman–Crippen LogP) is 4.21. The van der Waals surface area contributed by atoms with E-state index in [0.717, 1.165) is 23.7 Å². The van der Waals surface area contributed by atoms with Gasteiger partial charge in [0.25, 0.3) is 0 Å². The third kappa shape index (κ3) is 4.36. The van der Waals surface area contributed by atoms with Gasteiger partial charge < -0.3 is 0 Å². The summed E-state index contributed by atoms with van der Waals surface area (Å²) in [5.74, 6) is 1.21. The minimum atomic E-state index is 0.512. The molecule has 0 bridgehead atoms. The van der Waals surface area contributed by atoms with Crippen LogP contribution in [0.5, 0.6) is 0 Å². The molecule has 0 saturated heterocycles. The van der Waals surface area contributed by atoms with Gasteiger partial charge in [-0.2, -0.15) is 5.10 Å². The quantitative estimate of drug-likeness (QED) is 0.720. The molecule has 1 aromatic carbocycles. The predicted molar refractivity (Wildman–Crippen MR) is 83.6 cm³/mol. The van der Waals surface area contributed by atoms with Crippen LogP contribution in [0.3, 0.4) is 0 Å². The molecular weight excluding hydrogens is 324 g/mol. The molecule has 0 N–H and O–H groups in total. The van der Waals surface area contributed by atoms with Crippen molar-refractivity contribution < 1.29 is 0 Å². The highest BCUT2D eigenvalue weighted by atomic mass is 79.9. The van der Waals surface area contributed by atoms with Gasteiger partial charge in [-0.3, -0.25) is 4.68 Å². The fraction of sp³-hybridized carbons (Fsp3) is 0.400. The van der Waals surface area contributed by atoms with Crippen molar-refractivity contribution in [3.05, 3.63) is 52.3 Å². The minimum Gasteiger partial charge on any atom is -0.273 e. The molecule has 4 heteroatoms. The van der Waals surface area contributed by atoms with E-state index in [4.69, 9.17) is 11.6 Å². The van der Waals surface area contributed by atoms with E-state index in [2.05, 4.69) is 51.4 Å². The summed E-state index contributed by atoms with van der Waals surface area (Å²) >= 11 is 9.55. The Morgan fingerprint density at radius 1 is 1.26 bits per heavy atom. The second-order valence-corrected chi connectivity index (χ2v) is 6.06. The average Bonchev–Trinajstić information content (AvgIpc) is 2.82. The first-order chi connectivity index (χ1) is 9.19. The lowest BCUT2D eigenvalue weighted by atomic mass is 9.96. The molecule has 1 atom stereocenters. The highest BCUT2D eigenvalue weighted by Gasteiger charge is 2.10. The summed E-state index contributed by atoms with van der Waals surface area (Å²) in [4.78, 5) is 0. The van der Waals surface area contributed by atoms with Crippen molar-refractivity contribution in [2.75, 3.05) is 5.88 Å². The molecule has 1 aromatic heterocycles. The topological polar surface area (TPSA) is 17.8 Å². The highest BCUT2D eigenvalue weighted by molar-refractivity contribution is 9.10. The first kappa shape index (κ1) is 14.6. The summed E-state index contributed by atoms with van der Waals surface area (Å²) in [6, 6.07) is 10.6. The lowest BCUT2D eigenvalue weighted by Crippen LogP contribution is -2.09. The van der Waals surface area contributed by atoms with Crippen molar-refractivity contribution in [2.24, 2.45) is 13.0 Å². The monoisotopic (exact) mass is 340 g/mol. The SMILES string of the molecule is Cn1nccc1CCC(CCl)Cc1ccc(Br)cc1. The second-order valence-electron chi connectivity index (χ2n) is 4.84. The Kier molecular flexibility index (Phi) is 5.46. The van der Waals surface area contributed by atoms with E-state index >= 15 is 0 Å². The van der Waals surface area contributed by atoms with Crippen molar-refractivity contribution in [1.82, 2.24) is 9.78 Å². The van der Waals surface area contributed by atoms with Gasteiger partial charge >= 0.3 is 0 Å². The average molecular weight is 342 g/mol. The first-order valence-corrected chi connectivity index (χ1v) is 7.79. The largest absolute Gasteiger partial charge is 0.273 e. The summed E-state index contributed by atoms with van der Waals surface area (Å²) in [6.45, 7) is 0. The summed E-state index contributed by atoms with van der Waals surface area (Å²) < 4.78 is 3.05. The maximum atomic E-state index is 6.10. The molecule has 0 aliphatic heterocycles. The Labute approximate surface area is 127 Å². The first-order valence-electron chi connectivity index (χ1n) is 6.46. The number of aryl methyl sites for hydroxylation is 2. The van der Waals surface area contributed by atoms with Gasteiger partial charge in [-0.1, -0.05) is 28.1 Å². The number of hydrogen-bond donors (Lipinski definition) is 0. The number of alkyl halides is 1. The molecule has 0 fully saturated rings. The van der Waals surface area contributed by atoms with Crippen LogP contribution in [0, 0.1) is 5.92 Å². The third-order valence-corrected chi connectivity index (χ3v) is 4.35. The molecule has 0 saturated carbocycles. The fourth-order valence-corrected chi connectivity index (χ4v) is 2.71. The van der Waals surface area contributed by atoms with Crippen LogP contribution in [-0.2, 0) is 19.9 Å². The minimum absolute atomic E-state index is 0.512. The summed E-state index contributed by atoms with van der Waals surface area (Å²) in [6.07, 6.45) is 5.01. The second kappa shape index (κ2) is 7.11. The number of rotatable bonds is 6. The molecule has 0 aliphatic carbocycles. The molecule has 0 radical (unpaired) electrons. The standard InChI is InChI=1S/C15H18BrClN2/c1-19-15(8-9-18-19)7-4-13(11-17)10-12-2-5-14(16)6-3-12/h2-3,5-6,8-9,13H,4,7,10-11H2,1H3. The van der Waals surface area contributed by atoms with Gasteiger partial charge in [0.2, 0.25) is 0 Å². The maximum Gasteiger partial charge on any atom is 0.0492 e. The lowest BCUT2D eigenvalue weighted by Gasteiger charge is -2.14. The van der Waals surface area contributed by atoms with E-state index in [-0.39, 0.29) is 0 Å². The van der Waals surface area contributed by atoms with Crippen molar-refractivity contribution in [3.63, 3.8) is 0 Å². The third-order valence-electron chi connectivity index (χ3n) is 3.39. The Morgan fingerprint density at radius 2 is 2.00 bits per heavy atom. The molecule has 2 rings (SSSR count). The van der Waals surface area contributed by atoms with Gasteiger partial charge in [-0.15, -0.1) is 11.6 Å². The van der Waals surface area contributed by atoms with Gasteiger partial charge in [0.05, 0.1) is 0 Å². The van der Waals surface area contributed by atoms with Crippen LogP contribution in [0.15, 0.2) is 41.0 Å². The van der Waals surface area contributed by atoms with Gasteiger partial charge in [0, 0.05) is 29.3 Å². The molecule has 102 valence electrons. The van der Waals surface area contributed by atoms with Crippen molar-refractivity contribution in [2.45, 2.75) is 19.3 Å². The molecule has 2 nitrogen and oxygen atoms in total. The van der Waals surface area contributed by atoms with E-state index in [1.165, 1.54) is 11.3 Å². The summed E-state index contributed by atoms with van der Waals surface area (Å²) in [5, 5.41) is 4.19. The van der Waals surface area contributed by atoms with Crippen molar-refractivity contribution in [3.8, 4) is 0 Å². The zero-order valence-corrected chi connectivity index (χ0v) is 13.4. The van der Waals surface area contributed by atoms with Crippen LogP contribution in [0.25, 0.3) is 0 Å². The molecule has 2 aromatic rings. The van der Waals surface area contributed by atoms with E-state index in [1.807, 2.05) is 17.9 Å². The molecule has 0 aliphatic rings. The Balaban J connectivity index is 1.90. The molecule has 19 heavy (non-hydrogen) atoms. The van der Waals surface area contributed by atoms with E-state index < -0.39 is 0 Å². The highest BCUT2D eigenvalue weighted by Crippen LogP contribution is 2.18. The number of aromatic nitrogens is 2.